The van der Waals surface area contributed by atoms with E-state index in [9.17, 15) is 19.7 Å². The lowest BCUT2D eigenvalue weighted by atomic mass is 10.1. The molecule has 1 aromatic carbocycles. The highest BCUT2D eigenvalue weighted by atomic mass is 79.9. The van der Waals surface area contributed by atoms with Crippen LogP contribution in [0.15, 0.2) is 22.7 Å². The molecule has 0 bridgehead atoms. The third-order valence-corrected chi connectivity index (χ3v) is 3.56. The zero-order valence-electron chi connectivity index (χ0n) is 11.3. The number of hydrogen-bond acceptors (Lipinski definition) is 4. The van der Waals surface area contributed by atoms with Gasteiger partial charge in [-0.3, -0.25) is 19.7 Å². The molecule has 0 heterocycles. The Balaban J connectivity index is 2.65. The number of nitrogens with zero attached hydrogens (tertiary/aromatic N) is 1. The Bertz CT molecular complexity index is 561. The summed E-state index contributed by atoms with van der Waals surface area (Å²) in [5.41, 5.74) is 0.0110. The van der Waals surface area contributed by atoms with Crippen LogP contribution < -0.4 is 5.32 Å². The van der Waals surface area contributed by atoms with Gasteiger partial charge in [0.1, 0.15) is 0 Å². The minimum absolute atomic E-state index is 0.00234. The van der Waals surface area contributed by atoms with Gasteiger partial charge in [0.25, 0.3) is 11.6 Å². The molecule has 21 heavy (non-hydrogen) atoms. The van der Waals surface area contributed by atoms with E-state index in [0.717, 1.165) is 0 Å². The van der Waals surface area contributed by atoms with E-state index in [1.807, 2.05) is 6.92 Å². The highest BCUT2D eigenvalue weighted by molar-refractivity contribution is 9.10. The van der Waals surface area contributed by atoms with E-state index in [0.29, 0.717) is 17.4 Å². The van der Waals surface area contributed by atoms with Gasteiger partial charge in [-0.25, -0.2) is 0 Å². The predicted octanol–water partition coefficient (Wildman–Crippen LogP) is 2.59. The predicted molar refractivity (Wildman–Crippen MR) is 79.2 cm³/mol. The molecule has 0 spiro atoms. The highest BCUT2D eigenvalue weighted by Gasteiger charge is 2.16. The quantitative estimate of drug-likeness (QED) is 0.574. The first kappa shape index (κ1) is 17.1. The average Bonchev–Trinajstić information content (AvgIpc) is 2.42. The maximum atomic E-state index is 12.0. The summed E-state index contributed by atoms with van der Waals surface area (Å²) in [6, 6.07) is 3.94. The van der Waals surface area contributed by atoms with Crippen molar-refractivity contribution in [2.45, 2.75) is 19.8 Å². The van der Waals surface area contributed by atoms with Gasteiger partial charge in [0.05, 0.1) is 10.5 Å². The zero-order valence-corrected chi connectivity index (χ0v) is 12.9. The molecule has 1 atom stereocenters. The van der Waals surface area contributed by atoms with Crippen molar-refractivity contribution in [1.29, 1.82) is 0 Å². The molecular formula is C13H15BrN2O5. The van der Waals surface area contributed by atoms with Crippen molar-refractivity contribution in [3.8, 4) is 0 Å². The number of carboxylic acid groups (broad SMARTS) is 1. The van der Waals surface area contributed by atoms with Crippen LogP contribution in [0.4, 0.5) is 5.69 Å². The number of hydrogen-bond donors (Lipinski definition) is 2. The molecule has 1 aromatic rings. The summed E-state index contributed by atoms with van der Waals surface area (Å²) >= 11 is 3.18. The standard InChI is InChI=1S/C13H15BrN2O5/c1-8(2-5-12(17)18)7-15-13(19)10-6-9(16(20)21)3-4-11(10)14/h3-4,6,8H,2,5,7H2,1H3,(H,15,19)(H,17,18). The average molecular weight is 359 g/mol. The lowest BCUT2D eigenvalue weighted by molar-refractivity contribution is -0.384. The van der Waals surface area contributed by atoms with E-state index in [1.165, 1.54) is 18.2 Å². The summed E-state index contributed by atoms with van der Waals surface area (Å²) in [5, 5.41) is 21.9. The molecule has 114 valence electrons. The van der Waals surface area contributed by atoms with Gasteiger partial charge in [-0.15, -0.1) is 0 Å². The number of halogens is 1. The molecule has 0 aliphatic carbocycles. The van der Waals surface area contributed by atoms with Crippen LogP contribution in [-0.2, 0) is 4.79 Å². The monoisotopic (exact) mass is 358 g/mol. The molecule has 7 nitrogen and oxygen atoms in total. The summed E-state index contributed by atoms with van der Waals surface area (Å²) in [6.07, 6.45) is 0.489. The van der Waals surface area contributed by atoms with Crippen molar-refractivity contribution in [3.63, 3.8) is 0 Å². The maximum Gasteiger partial charge on any atom is 0.303 e. The molecule has 0 fully saturated rings. The summed E-state index contributed by atoms with van der Waals surface area (Å²) in [4.78, 5) is 32.6. The number of rotatable bonds is 7. The topological polar surface area (TPSA) is 110 Å². The number of carboxylic acids is 1. The fourth-order valence-electron chi connectivity index (χ4n) is 1.63. The Kier molecular flexibility index (Phi) is 6.29. The summed E-state index contributed by atoms with van der Waals surface area (Å²) in [6.45, 7) is 2.13. The van der Waals surface area contributed by atoms with Crippen LogP contribution in [0.3, 0.4) is 0 Å². The Labute approximate surface area is 129 Å². The van der Waals surface area contributed by atoms with Gasteiger partial charge in [-0.05, 0) is 34.3 Å². The van der Waals surface area contributed by atoms with Gasteiger partial charge in [0.2, 0.25) is 0 Å². The Morgan fingerprint density at radius 1 is 1.48 bits per heavy atom. The van der Waals surface area contributed by atoms with Crippen molar-refractivity contribution in [1.82, 2.24) is 5.32 Å². The number of aliphatic carboxylic acids is 1. The van der Waals surface area contributed by atoms with Crippen LogP contribution in [0.1, 0.15) is 30.1 Å². The van der Waals surface area contributed by atoms with Crippen LogP contribution in [0.25, 0.3) is 0 Å². The second-order valence-corrected chi connectivity index (χ2v) is 5.52. The molecule has 2 N–H and O–H groups in total. The van der Waals surface area contributed by atoms with E-state index in [1.54, 1.807) is 0 Å². The molecule has 0 saturated carbocycles. The molecule has 0 aromatic heterocycles. The molecule has 8 heteroatoms. The second kappa shape index (κ2) is 7.72. The first-order valence-electron chi connectivity index (χ1n) is 6.25. The van der Waals surface area contributed by atoms with E-state index in [2.05, 4.69) is 21.2 Å². The lowest BCUT2D eigenvalue weighted by Crippen LogP contribution is -2.28. The molecule has 0 saturated heterocycles. The summed E-state index contributed by atoms with van der Waals surface area (Å²) in [7, 11) is 0. The fourth-order valence-corrected chi connectivity index (χ4v) is 2.06. The Morgan fingerprint density at radius 2 is 2.14 bits per heavy atom. The zero-order chi connectivity index (χ0) is 16.0. The molecule has 0 aliphatic heterocycles. The van der Waals surface area contributed by atoms with E-state index < -0.39 is 16.8 Å². The van der Waals surface area contributed by atoms with E-state index in [4.69, 9.17) is 5.11 Å². The minimum Gasteiger partial charge on any atom is -0.481 e. The number of nitro groups is 1. The normalized spacial score (nSPS) is 11.7. The van der Waals surface area contributed by atoms with Crippen molar-refractivity contribution in [2.75, 3.05) is 6.54 Å². The molecular weight excluding hydrogens is 344 g/mol. The minimum atomic E-state index is -0.880. The van der Waals surface area contributed by atoms with Gasteiger partial charge in [0.15, 0.2) is 0 Å². The largest absolute Gasteiger partial charge is 0.481 e. The van der Waals surface area contributed by atoms with Crippen molar-refractivity contribution < 1.29 is 19.6 Å². The van der Waals surface area contributed by atoms with Gasteiger partial charge < -0.3 is 10.4 Å². The summed E-state index contributed by atoms with van der Waals surface area (Å²) < 4.78 is 0.462. The summed E-state index contributed by atoms with van der Waals surface area (Å²) in [5.74, 6) is -1.31. The number of nitrogens with one attached hydrogen (secondary N) is 1. The molecule has 1 rings (SSSR count). The molecule has 0 radical (unpaired) electrons. The number of carbonyl (C=O) groups excluding carboxylic acids is 1. The second-order valence-electron chi connectivity index (χ2n) is 4.67. The number of non-ortho nitro benzene ring substituents is 1. The number of nitro benzene ring substituents is 1. The van der Waals surface area contributed by atoms with Crippen molar-refractivity contribution in [2.24, 2.45) is 5.92 Å². The number of amides is 1. The third kappa shape index (κ3) is 5.50. The Morgan fingerprint density at radius 3 is 2.71 bits per heavy atom. The SMILES string of the molecule is CC(CCC(=O)O)CNC(=O)c1cc([N+](=O)[O-])ccc1Br. The van der Waals surface area contributed by atoms with Gasteiger partial charge in [-0.1, -0.05) is 6.92 Å². The lowest BCUT2D eigenvalue weighted by Gasteiger charge is -2.12. The number of benzene rings is 1. The third-order valence-electron chi connectivity index (χ3n) is 2.87. The van der Waals surface area contributed by atoms with E-state index in [-0.39, 0.29) is 23.6 Å². The van der Waals surface area contributed by atoms with Crippen molar-refractivity contribution >= 4 is 33.5 Å². The maximum absolute atomic E-state index is 12.0. The molecule has 1 amide bonds. The first-order chi connectivity index (χ1) is 9.81. The fraction of sp³-hybridized carbons (Fsp3) is 0.385. The van der Waals surface area contributed by atoms with Gasteiger partial charge >= 0.3 is 5.97 Å². The molecule has 1 unspecified atom stereocenters. The van der Waals surface area contributed by atoms with Gasteiger partial charge in [0, 0.05) is 29.6 Å². The van der Waals surface area contributed by atoms with Crippen LogP contribution >= 0.6 is 15.9 Å². The number of carbonyl (C=O) groups is 2. The van der Waals surface area contributed by atoms with Crippen molar-refractivity contribution in [3.05, 3.63) is 38.3 Å². The van der Waals surface area contributed by atoms with Crippen LogP contribution in [0.5, 0.6) is 0 Å². The Hall–Kier alpha value is -1.96. The van der Waals surface area contributed by atoms with Gasteiger partial charge in [-0.2, -0.15) is 0 Å². The smallest absolute Gasteiger partial charge is 0.303 e. The van der Waals surface area contributed by atoms with Crippen LogP contribution in [0, 0.1) is 16.0 Å². The van der Waals surface area contributed by atoms with Crippen LogP contribution in [-0.4, -0.2) is 28.5 Å². The highest BCUT2D eigenvalue weighted by Crippen LogP contribution is 2.22. The van der Waals surface area contributed by atoms with Crippen LogP contribution in [0.2, 0.25) is 0 Å². The van der Waals surface area contributed by atoms with E-state index >= 15 is 0 Å². The molecule has 0 aliphatic rings. The first-order valence-corrected chi connectivity index (χ1v) is 7.04.